The maximum absolute atomic E-state index is 12.3. The van der Waals surface area contributed by atoms with Crippen LogP contribution in [0.2, 0.25) is 5.02 Å². The molecule has 1 aliphatic rings. The van der Waals surface area contributed by atoms with Gasteiger partial charge in [-0.3, -0.25) is 0 Å². The normalized spacial score (nSPS) is 16.3. The van der Waals surface area contributed by atoms with Crippen LogP contribution in [0.15, 0.2) is 48.5 Å². The fourth-order valence-electron chi connectivity index (χ4n) is 2.78. The molecule has 1 atom stereocenters. The molecule has 0 radical (unpaired) electrons. The third-order valence-corrected chi connectivity index (χ3v) is 4.52. The molecule has 0 aromatic heterocycles. The lowest BCUT2D eigenvalue weighted by Crippen LogP contribution is -2.39. The van der Waals surface area contributed by atoms with Gasteiger partial charge in [-0.25, -0.2) is 9.59 Å². The number of carboxylic acid groups (broad SMARTS) is 1. The van der Waals surface area contributed by atoms with Crippen LogP contribution in [0.5, 0.6) is 5.75 Å². The number of carboxylic acids is 1. The van der Waals surface area contributed by atoms with Crippen molar-refractivity contribution in [2.24, 2.45) is 0 Å². The van der Waals surface area contributed by atoms with Crippen molar-refractivity contribution in [3.8, 4) is 5.75 Å². The lowest BCUT2D eigenvalue weighted by molar-refractivity contribution is 0.0697. The summed E-state index contributed by atoms with van der Waals surface area (Å²) in [4.78, 5) is 24.8. The number of carbonyl (C=O) groups excluding carboxylic acids is 1. The van der Waals surface area contributed by atoms with E-state index in [1.807, 2.05) is 18.2 Å². The Morgan fingerprint density at radius 1 is 1.19 bits per heavy atom. The van der Waals surface area contributed by atoms with Crippen LogP contribution in [0.4, 0.5) is 4.79 Å². The lowest BCUT2D eigenvalue weighted by atomic mass is 10.1. The van der Waals surface area contributed by atoms with Crippen LogP contribution in [-0.2, 0) is 6.54 Å². The highest BCUT2D eigenvalue weighted by Gasteiger charge is 2.27. The van der Waals surface area contributed by atoms with Crippen molar-refractivity contribution in [2.75, 3.05) is 13.1 Å². The molecule has 1 unspecified atom stereocenters. The number of aromatic carboxylic acids is 1. The molecule has 136 valence electrons. The number of amides is 2. The Kier molecular flexibility index (Phi) is 5.63. The second-order valence-electron chi connectivity index (χ2n) is 6.07. The summed E-state index contributed by atoms with van der Waals surface area (Å²) in [6.45, 7) is 1.44. The van der Waals surface area contributed by atoms with E-state index in [0.717, 1.165) is 12.0 Å². The fourth-order valence-corrected chi connectivity index (χ4v) is 2.96. The van der Waals surface area contributed by atoms with E-state index in [4.69, 9.17) is 21.4 Å². The highest BCUT2D eigenvalue weighted by atomic mass is 35.5. The number of nitrogens with one attached hydrogen (secondary N) is 1. The van der Waals surface area contributed by atoms with Crippen LogP contribution in [0.25, 0.3) is 0 Å². The van der Waals surface area contributed by atoms with Crippen molar-refractivity contribution >= 4 is 23.6 Å². The molecule has 6 nitrogen and oxygen atoms in total. The van der Waals surface area contributed by atoms with Crippen molar-refractivity contribution in [3.05, 3.63) is 64.7 Å². The average Bonchev–Trinajstić information content (AvgIpc) is 3.10. The van der Waals surface area contributed by atoms with Crippen molar-refractivity contribution in [1.82, 2.24) is 10.2 Å². The molecule has 1 aliphatic heterocycles. The van der Waals surface area contributed by atoms with Gasteiger partial charge in [0.05, 0.1) is 17.1 Å². The maximum atomic E-state index is 12.3. The zero-order valence-corrected chi connectivity index (χ0v) is 14.8. The molecular weight excluding hydrogens is 356 g/mol. The molecule has 1 heterocycles. The highest BCUT2D eigenvalue weighted by Crippen LogP contribution is 2.26. The fraction of sp³-hybridized carbons (Fsp3) is 0.263. The van der Waals surface area contributed by atoms with Crippen LogP contribution in [-0.4, -0.2) is 41.2 Å². The molecule has 26 heavy (non-hydrogen) atoms. The zero-order valence-electron chi connectivity index (χ0n) is 14.0. The number of carbonyl (C=O) groups is 2. The van der Waals surface area contributed by atoms with E-state index in [9.17, 15) is 9.59 Å². The summed E-state index contributed by atoms with van der Waals surface area (Å²) in [5, 5.41) is 12.3. The Labute approximate surface area is 156 Å². The molecule has 0 saturated carbocycles. The Balaban J connectivity index is 1.48. The average molecular weight is 375 g/mol. The predicted molar refractivity (Wildman–Crippen MR) is 97.7 cm³/mol. The Bertz CT molecular complexity index is 794. The second-order valence-corrected chi connectivity index (χ2v) is 6.47. The summed E-state index contributed by atoms with van der Waals surface area (Å²) < 4.78 is 5.88. The molecule has 3 rings (SSSR count). The number of halogens is 1. The molecule has 2 N–H and O–H groups in total. The van der Waals surface area contributed by atoms with Gasteiger partial charge in [0.1, 0.15) is 11.9 Å². The molecule has 0 spiro atoms. The number of benzene rings is 2. The largest absolute Gasteiger partial charge is 0.487 e. The van der Waals surface area contributed by atoms with Gasteiger partial charge in [0.25, 0.3) is 0 Å². The Morgan fingerprint density at radius 2 is 1.92 bits per heavy atom. The van der Waals surface area contributed by atoms with Crippen molar-refractivity contribution < 1.29 is 19.4 Å². The Hall–Kier alpha value is -2.73. The van der Waals surface area contributed by atoms with E-state index in [-0.39, 0.29) is 17.7 Å². The van der Waals surface area contributed by atoms with Gasteiger partial charge in [-0.05, 0) is 29.8 Å². The molecule has 1 saturated heterocycles. The monoisotopic (exact) mass is 374 g/mol. The van der Waals surface area contributed by atoms with E-state index in [1.165, 1.54) is 12.1 Å². The number of hydrogen-bond donors (Lipinski definition) is 2. The van der Waals surface area contributed by atoms with Gasteiger partial charge in [0.2, 0.25) is 0 Å². The third kappa shape index (κ3) is 4.46. The summed E-state index contributed by atoms with van der Waals surface area (Å²) in [6.07, 6.45) is 0.655. The molecule has 2 aromatic carbocycles. The van der Waals surface area contributed by atoms with Gasteiger partial charge in [-0.15, -0.1) is 0 Å². The molecule has 0 aliphatic carbocycles. The Morgan fingerprint density at radius 3 is 2.62 bits per heavy atom. The molecular formula is C19H19ClN2O4. The van der Waals surface area contributed by atoms with Crippen LogP contribution in [0.1, 0.15) is 22.3 Å². The number of likely N-dealkylation sites (tertiary alicyclic amines) is 1. The predicted octanol–water partition coefficient (Wildman–Crippen LogP) is 3.40. The number of rotatable bonds is 5. The first-order chi connectivity index (χ1) is 12.5. The van der Waals surface area contributed by atoms with E-state index in [2.05, 4.69) is 5.32 Å². The molecule has 2 aromatic rings. The SMILES string of the molecule is O=C(O)c1ccc(CNC(=O)N2CCC(Oc3ccccc3Cl)C2)cc1. The second kappa shape index (κ2) is 8.10. The number of urea groups is 1. The number of para-hydroxylation sites is 1. The number of hydrogen-bond acceptors (Lipinski definition) is 3. The quantitative estimate of drug-likeness (QED) is 0.840. The van der Waals surface area contributed by atoms with Gasteiger partial charge in [-0.2, -0.15) is 0 Å². The summed E-state index contributed by atoms with van der Waals surface area (Å²) in [7, 11) is 0. The summed E-state index contributed by atoms with van der Waals surface area (Å²) in [5.74, 6) is -0.345. The van der Waals surface area contributed by atoms with Gasteiger partial charge in [0, 0.05) is 19.5 Å². The molecule has 0 bridgehead atoms. The number of ether oxygens (including phenoxy) is 1. The van der Waals surface area contributed by atoms with Crippen molar-refractivity contribution in [3.63, 3.8) is 0 Å². The summed E-state index contributed by atoms with van der Waals surface area (Å²) >= 11 is 6.10. The van der Waals surface area contributed by atoms with E-state index < -0.39 is 5.97 Å². The van der Waals surface area contributed by atoms with E-state index in [1.54, 1.807) is 23.1 Å². The molecule has 1 fully saturated rings. The molecule has 7 heteroatoms. The minimum atomic E-state index is -0.970. The number of nitrogens with zero attached hydrogens (tertiary/aromatic N) is 1. The third-order valence-electron chi connectivity index (χ3n) is 4.21. The first kappa shape index (κ1) is 18.1. The topological polar surface area (TPSA) is 78.9 Å². The van der Waals surface area contributed by atoms with Crippen LogP contribution in [0.3, 0.4) is 0 Å². The van der Waals surface area contributed by atoms with Crippen molar-refractivity contribution in [2.45, 2.75) is 19.1 Å². The van der Waals surface area contributed by atoms with E-state index >= 15 is 0 Å². The minimum absolute atomic E-state index is 0.0875. The summed E-state index contributed by atoms with van der Waals surface area (Å²) in [6, 6.07) is 13.5. The van der Waals surface area contributed by atoms with Crippen LogP contribution < -0.4 is 10.1 Å². The van der Waals surface area contributed by atoms with Gasteiger partial charge >= 0.3 is 12.0 Å². The molecule has 2 amide bonds. The zero-order chi connectivity index (χ0) is 18.5. The van der Waals surface area contributed by atoms with E-state index in [0.29, 0.717) is 30.4 Å². The van der Waals surface area contributed by atoms with Gasteiger partial charge in [-0.1, -0.05) is 35.9 Å². The first-order valence-corrected chi connectivity index (χ1v) is 8.67. The van der Waals surface area contributed by atoms with Gasteiger partial charge < -0.3 is 20.1 Å². The maximum Gasteiger partial charge on any atom is 0.335 e. The van der Waals surface area contributed by atoms with Crippen LogP contribution in [0, 0.1) is 0 Å². The first-order valence-electron chi connectivity index (χ1n) is 8.29. The minimum Gasteiger partial charge on any atom is -0.487 e. The van der Waals surface area contributed by atoms with Crippen LogP contribution >= 0.6 is 11.6 Å². The summed E-state index contributed by atoms with van der Waals surface area (Å²) in [5.41, 5.74) is 1.06. The highest BCUT2D eigenvalue weighted by molar-refractivity contribution is 6.32. The lowest BCUT2D eigenvalue weighted by Gasteiger charge is -2.18. The van der Waals surface area contributed by atoms with Crippen molar-refractivity contribution in [1.29, 1.82) is 0 Å². The smallest absolute Gasteiger partial charge is 0.335 e. The standard InChI is InChI=1S/C19H19ClN2O4/c20-16-3-1-2-4-17(16)26-15-9-10-22(12-15)19(25)21-11-13-5-7-14(8-6-13)18(23)24/h1-8,15H,9-12H2,(H,21,25)(H,23,24). The van der Waals surface area contributed by atoms with Gasteiger partial charge in [0.15, 0.2) is 0 Å².